The van der Waals surface area contributed by atoms with Crippen LogP contribution in [0.15, 0.2) is 23.7 Å². The maximum absolute atomic E-state index is 11.8. The molecule has 0 aliphatic rings. The molecule has 3 heterocycles. The molecule has 0 atom stereocenters. The zero-order chi connectivity index (χ0) is 15.5. The topological polar surface area (TPSA) is 64.7 Å². The summed E-state index contributed by atoms with van der Waals surface area (Å²) < 4.78 is 3.81. The van der Waals surface area contributed by atoms with Crippen molar-refractivity contribution in [3.63, 3.8) is 0 Å². The van der Waals surface area contributed by atoms with Crippen molar-refractivity contribution in [2.24, 2.45) is 7.05 Å². The van der Waals surface area contributed by atoms with E-state index in [2.05, 4.69) is 15.5 Å². The first kappa shape index (κ1) is 14.8. The van der Waals surface area contributed by atoms with Gasteiger partial charge in [0, 0.05) is 25.0 Å². The van der Waals surface area contributed by atoms with Crippen molar-refractivity contribution >= 4 is 28.3 Å². The van der Waals surface area contributed by atoms with Crippen molar-refractivity contribution in [1.29, 1.82) is 0 Å². The first-order valence-electron chi connectivity index (χ1n) is 7.29. The van der Waals surface area contributed by atoms with E-state index >= 15 is 0 Å². The molecule has 0 aliphatic heterocycles. The molecular weight excluding hydrogens is 298 g/mol. The Morgan fingerprint density at radius 2 is 2.32 bits per heavy atom. The molecule has 6 nitrogen and oxygen atoms in total. The van der Waals surface area contributed by atoms with Crippen LogP contribution in [-0.4, -0.2) is 32.0 Å². The third kappa shape index (κ3) is 3.04. The highest BCUT2D eigenvalue weighted by Gasteiger charge is 2.11. The average Bonchev–Trinajstić information content (AvgIpc) is 3.17. The molecule has 3 aromatic heterocycles. The molecular formula is C15H19N5OS. The fraction of sp³-hybridized carbons (Fsp3) is 0.400. The van der Waals surface area contributed by atoms with E-state index < -0.39 is 0 Å². The summed E-state index contributed by atoms with van der Waals surface area (Å²) in [5.41, 5.74) is 3.10. The van der Waals surface area contributed by atoms with Gasteiger partial charge in [-0.2, -0.15) is 10.2 Å². The number of thiophene rings is 1. The molecule has 7 heteroatoms. The summed E-state index contributed by atoms with van der Waals surface area (Å²) in [7, 11) is 1.92. The Labute approximate surface area is 132 Å². The molecule has 0 spiro atoms. The maximum Gasteiger partial charge on any atom is 0.225 e. The minimum Gasteiger partial charge on any atom is -0.356 e. The second kappa shape index (κ2) is 6.31. The van der Waals surface area contributed by atoms with Gasteiger partial charge in [-0.1, -0.05) is 6.07 Å². The van der Waals surface area contributed by atoms with E-state index in [-0.39, 0.29) is 5.91 Å². The SMILES string of the molecule is Cc1nn(C)c2cnn(CCCNC(=O)Cc3cccs3)c12. The van der Waals surface area contributed by atoms with Gasteiger partial charge in [-0.3, -0.25) is 14.2 Å². The molecule has 3 aromatic rings. The van der Waals surface area contributed by atoms with Gasteiger partial charge < -0.3 is 5.32 Å². The Kier molecular flexibility index (Phi) is 4.24. The smallest absolute Gasteiger partial charge is 0.225 e. The molecule has 3 rings (SSSR count). The number of fused-ring (bicyclic) bond motifs is 1. The zero-order valence-corrected chi connectivity index (χ0v) is 13.6. The highest BCUT2D eigenvalue weighted by molar-refractivity contribution is 7.10. The number of carbonyl (C=O) groups is 1. The van der Waals surface area contributed by atoms with E-state index in [4.69, 9.17) is 0 Å². The third-order valence-corrected chi connectivity index (χ3v) is 4.47. The molecule has 0 saturated heterocycles. The molecule has 0 aromatic carbocycles. The summed E-state index contributed by atoms with van der Waals surface area (Å²) in [5, 5.41) is 13.7. The standard InChI is InChI=1S/C15H19N5OS/c1-11-15-13(19(2)18-11)10-17-20(15)7-4-6-16-14(21)9-12-5-3-8-22-12/h3,5,8,10H,4,6-7,9H2,1-2H3,(H,16,21). The quantitative estimate of drug-likeness (QED) is 0.706. The van der Waals surface area contributed by atoms with Gasteiger partial charge in [0.05, 0.1) is 18.3 Å². The number of hydrogen-bond acceptors (Lipinski definition) is 4. The van der Waals surface area contributed by atoms with Crippen LogP contribution in [0, 0.1) is 6.92 Å². The molecule has 22 heavy (non-hydrogen) atoms. The number of aromatic nitrogens is 4. The normalized spacial score (nSPS) is 11.2. The van der Waals surface area contributed by atoms with E-state index in [9.17, 15) is 4.79 Å². The maximum atomic E-state index is 11.8. The van der Waals surface area contributed by atoms with Crippen LogP contribution in [0.4, 0.5) is 0 Å². The molecule has 0 saturated carbocycles. The number of rotatable bonds is 6. The van der Waals surface area contributed by atoms with Crippen LogP contribution in [0.3, 0.4) is 0 Å². The molecule has 0 unspecified atom stereocenters. The number of amides is 1. The lowest BCUT2D eigenvalue weighted by molar-refractivity contribution is -0.120. The van der Waals surface area contributed by atoms with Crippen LogP contribution >= 0.6 is 11.3 Å². The van der Waals surface area contributed by atoms with Gasteiger partial charge in [0.25, 0.3) is 0 Å². The van der Waals surface area contributed by atoms with E-state index in [0.717, 1.165) is 34.6 Å². The van der Waals surface area contributed by atoms with Gasteiger partial charge in [0.15, 0.2) is 0 Å². The summed E-state index contributed by atoms with van der Waals surface area (Å²) in [4.78, 5) is 12.9. The lowest BCUT2D eigenvalue weighted by Crippen LogP contribution is -2.26. The Hall–Kier alpha value is -2.15. The molecule has 1 amide bonds. The van der Waals surface area contributed by atoms with E-state index in [1.165, 1.54) is 0 Å². The largest absolute Gasteiger partial charge is 0.356 e. The average molecular weight is 317 g/mol. The van der Waals surface area contributed by atoms with Gasteiger partial charge in [-0.25, -0.2) is 0 Å². The lowest BCUT2D eigenvalue weighted by atomic mass is 10.3. The van der Waals surface area contributed by atoms with Crippen LogP contribution in [0.25, 0.3) is 11.0 Å². The Bertz CT molecular complexity index is 771. The van der Waals surface area contributed by atoms with Crippen LogP contribution in [0.5, 0.6) is 0 Å². The van der Waals surface area contributed by atoms with Crippen molar-refractivity contribution in [1.82, 2.24) is 24.9 Å². The summed E-state index contributed by atoms with van der Waals surface area (Å²) in [6, 6.07) is 3.95. The van der Waals surface area contributed by atoms with Crippen LogP contribution in [0.2, 0.25) is 0 Å². The van der Waals surface area contributed by atoms with Crippen LogP contribution in [0.1, 0.15) is 17.0 Å². The number of nitrogens with one attached hydrogen (secondary N) is 1. The van der Waals surface area contributed by atoms with E-state index in [1.807, 2.05) is 47.0 Å². The van der Waals surface area contributed by atoms with Crippen molar-refractivity contribution in [3.05, 3.63) is 34.3 Å². The molecule has 0 bridgehead atoms. The van der Waals surface area contributed by atoms with Gasteiger partial charge in [0.2, 0.25) is 5.91 Å². The molecule has 1 N–H and O–H groups in total. The lowest BCUT2D eigenvalue weighted by Gasteiger charge is -2.05. The minimum absolute atomic E-state index is 0.0746. The molecule has 0 fully saturated rings. The van der Waals surface area contributed by atoms with Crippen molar-refractivity contribution in [3.8, 4) is 0 Å². The summed E-state index contributed by atoms with van der Waals surface area (Å²) in [6.07, 6.45) is 3.15. The number of hydrogen-bond donors (Lipinski definition) is 1. The highest BCUT2D eigenvalue weighted by atomic mass is 32.1. The summed E-state index contributed by atoms with van der Waals surface area (Å²) in [5.74, 6) is 0.0746. The first-order valence-corrected chi connectivity index (χ1v) is 8.17. The Morgan fingerprint density at radius 1 is 1.45 bits per heavy atom. The second-order valence-electron chi connectivity index (χ2n) is 5.27. The minimum atomic E-state index is 0.0746. The van der Waals surface area contributed by atoms with E-state index in [0.29, 0.717) is 13.0 Å². The monoisotopic (exact) mass is 317 g/mol. The van der Waals surface area contributed by atoms with Crippen LogP contribution in [-0.2, 0) is 24.8 Å². The fourth-order valence-electron chi connectivity index (χ4n) is 2.57. The van der Waals surface area contributed by atoms with Crippen molar-refractivity contribution in [2.45, 2.75) is 26.3 Å². The zero-order valence-electron chi connectivity index (χ0n) is 12.7. The van der Waals surface area contributed by atoms with Gasteiger partial charge in [-0.05, 0) is 24.8 Å². The fourth-order valence-corrected chi connectivity index (χ4v) is 3.27. The first-order chi connectivity index (χ1) is 10.6. The van der Waals surface area contributed by atoms with Crippen molar-refractivity contribution in [2.75, 3.05) is 6.54 Å². The summed E-state index contributed by atoms with van der Waals surface area (Å²) >= 11 is 1.61. The summed E-state index contributed by atoms with van der Waals surface area (Å²) in [6.45, 7) is 3.42. The number of nitrogens with zero attached hydrogens (tertiary/aromatic N) is 4. The number of carbonyl (C=O) groups excluding carboxylic acids is 1. The second-order valence-corrected chi connectivity index (χ2v) is 6.30. The van der Waals surface area contributed by atoms with Crippen LogP contribution < -0.4 is 5.32 Å². The van der Waals surface area contributed by atoms with Gasteiger partial charge >= 0.3 is 0 Å². The Balaban J connectivity index is 1.49. The number of aryl methyl sites for hydroxylation is 3. The molecule has 0 aliphatic carbocycles. The van der Waals surface area contributed by atoms with Gasteiger partial charge in [-0.15, -0.1) is 11.3 Å². The molecule has 116 valence electrons. The predicted molar refractivity (Wildman–Crippen MR) is 86.9 cm³/mol. The Morgan fingerprint density at radius 3 is 3.09 bits per heavy atom. The third-order valence-electron chi connectivity index (χ3n) is 3.60. The van der Waals surface area contributed by atoms with Crippen molar-refractivity contribution < 1.29 is 4.79 Å². The van der Waals surface area contributed by atoms with Gasteiger partial charge in [0.1, 0.15) is 11.0 Å². The highest BCUT2D eigenvalue weighted by Crippen LogP contribution is 2.16. The molecule has 0 radical (unpaired) electrons. The predicted octanol–water partition coefficient (Wildman–Crippen LogP) is 1.89. The van der Waals surface area contributed by atoms with E-state index in [1.54, 1.807) is 11.3 Å².